The van der Waals surface area contributed by atoms with E-state index in [1.165, 1.54) is 7.11 Å². The highest BCUT2D eigenvalue weighted by Gasteiger charge is 2.46. The predicted molar refractivity (Wildman–Crippen MR) is 101 cm³/mol. The largest absolute Gasteiger partial charge is 0.469 e. The van der Waals surface area contributed by atoms with Crippen LogP contribution in [0.15, 0.2) is 36.4 Å². The fourth-order valence-corrected chi connectivity index (χ4v) is 5.99. The lowest BCUT2D eigenvalue weighted by Gasteiger charge is -2.36. The van der Waals surface area contributed by atoms with Crippen LogP contribution < -0.4 is 10.6 Å². The number of ether oxygens (including phenoxy) is 1. The van der Waals surface area contributed by atoms with Crippen LogP contribution in [-0.4, -0.2) is 52.3 Å². The van der Waals surface area contributed by atoms with E-state index < -0.39 is 26.6 Å². The molecule has 0 radical (unpaired) electrons. The zero-order chi connectivity index (χ0) is 18.6. The highest BCUT2D eigenvalue weighted by molar-refractivity contribution is 7.92. The van der Waals surface area contributed by atoms with E-state index in [1.807, 2.05) is 36.4 Å². The second-order valence-electron chi connectivity index (χ2n) is 7.03. The number of carbonyl (C=O) groups is 1. The van der Waals surface area contributed by atoms with Gasteiger partial charge < -0.3 is 10.1 Å². The number of rotatable bonds is 5. The van der Waals surface area contributed by atoms with Crippen LogP contribution in [0.1, 0.15) is 24.8 Å². The van der Waals surface area contributed by atoms with E-state index in [2.05, 4.69) is 10.6 Å². The Morgan fingerprint density at radius 3 is 2.58 bits per heavy atom. The molecule has 0 amide bonds. The number of hydrogen-bond donors (Lipinski definition) is 2. The van der Waals surface area contributed by atoms with Gasteiger partial charge in [0, 0.05) is 13.0 Å². The summed E-state index contributed by atoms with van der Waals surface area (Å²) in [6.45, 7) is 1.75. The molecule has 0 bridgehead atoms. The van der Waals surface area contributed by atoms with Gasteiger partial charge in [-0.2, -0.15) is 0 Å². The van der Waals surface area contributed by atoms with Gasteiger partial charge in [-0.1, -0.05) is 36.4 Å². The third-order valence-corrected chi connectivity index (χ3v) is 7.49. The summed E-state index contributed by atoms with van der Waals surface area (Å²) in [6.07, 6.45) is 3.39. The fraction of sp³-hybridized carbons (Fsp3) is 0.526. The quantitative estimate of drug-likeness (QED) is 0.753. The molecule has 2 aliphatic rings. The van der Waals surface area contributed by atoms with Crippen molar-refractivity contribution < 1.29 is 17.9 Å². The SMILES string of the molecule is COC(=O)C1(CS(=O)(=O)C2CC(c3ccccc3)=CCN2)CCNCC1. The van der Waals surface area contributed by atoms with Gasteiger partial charge in [0.1, 0.15) is 5.37 Å². The van der Waals surface area contributed by atoms with Crippen molar-refractivity contribution in [1.29, 1.82) is 0 Å². The van der Waals surface area contributed by atoms with Gasteiger partial charge in [0.2, 0.25) is 0 Å². The van der Waals surface area contributed by atoms with Crippen LogP contribution in [0.4, 0.5) is 0 Å². The zero-order valence-corrected chi connectivity index (χ0v) is 15.8. The molecule has 2 heterocycles. The number of nitrogens with one attached hydrogen (secondary N) is 2. The van der Waals surface area contributed by atoms with Gasteiger partial charge in [-0.05, 0) is 37.1 Å². The molecule has 2 N–H and O–H groups in total. The molecule has 26 heavy (non-hydrogen) atoms. The van der Waals surface area contributed by atoms with Crippen molar-refractivity contribution >= 4 is 21.4 Å². The molecule has 1 fully saturated rings. The summed E-state index contributed by atoms with van der Waals surface area (Å²) >= 11 is 0. The number of hydrogen-bond acceptors (Lipinski definition) is 6. The molecule has 1 aromatic rings. The Labute approximate surface area is 154 Å². The van der Waals surface area contributed by atoms with Crippen LogP contribution in [0.25, 0.3) is 5.57 Å². The summed E-state index contributed by atoms with van der Waals surface area (Å²) in [7, 11) is -2.19. The van der Waals surface area contributed by atoms with Crippen molar-refractivity contribution in [2.45, 2.75) is 24.6 Å². The second-order valence-corrected chi connectivity index (χ2v) is 9.21. The molecule has 142 valence electrons. The molecule has 7 heteroatoms. The second kappa shape index (κ2) is 7.90. The topological polar surface area (TPSA) is 84.5 Å². The maximum absolute atomic E-state index is 13.1. The number of benzene rings is 1. The number of carbonyl (C=O) groups excluding carboxylic acids is 1. The third kappa shape index (κ3) is 4.00. The van der Waals surface area contributed by atoms with Crippen molar-refractivity contribution in [3.8, 4) is 0 Å². The molecule has 1 atom stereocenters. The lowest BCUT2D eigenvalue weighted by molar-refractivity contribution is -0.153. The van der Waals surface area contributed by atoms with E-state index in [1.54, 1.807) is 0 Å². The van der Waals surface area contributed by atoms with Crippen LogP contribution in [0.2, 0.25) is 0 Å². The summed E-state index contributed by atoms with van der Waals surface area (Å²) in [6, 6.07) is 9.82. The average Bonchev–Trinajstić information content (AvgIpc) is 2.68. The van der Waals surface area contributed by atoms with Crippen molar-refractivity contribution in [3.63, 3.8) is 0 Å². The molecule has 1 aromatic carbocycles. The lowest BCUT2D eigenvalue weighted by atomic mass is 9.81. The molecule has 3 rings (SSSR count). The number of methoxy groups -OCH3 is 1. The molecule has 0 aromatic heterocycles. The summed E-state index contributed by atoms with van der Waals surface area (Å²) in [5, 5.41) is 5.59. The Bertz CT molecular complexity index is 768. The third-order valence-electron chi connectivity index (χ3n) is 5.33. The van der Waals surface area contributed by atoms with Crippen molar-refractivity contribution in [2.75, 3.05) is 32.5 Å². The standard InChI is InChI=1S/C19H26N2O4S/c1-25-18(22)19(8-11-20-12-9-19)14-26(23,24)17-13-16(7-10-21-17)15-5-3-2-4-6-15/h2-7,17,20-21H,8-14H2,1H3. The Kier molecular flexibility index (Phi) is 5.79. The van der Waals surface area contributed by atoms with Gasteiger partial charge in [-0.25, -0.2) is 8.42 Å². The van der Waals surface area contributed by atoms with Crippen LogP contribution in [-0.2, 0) is 19.4 Å². The van der Waals surface area contributed by atoms with Crippen LogP contribution in [0.5, 0.6) is 0 Å². The molecule has 1 saturated heterocycles. The fourth-order valence-electron chi connectivity index (χ4n) is 3.83. The molecule has 6 nitrogen and oxygen atoms in total. The van der Waals surface area contributed by atoms with Gasteiger partial charge in [-0.15, -0.1) is 0 Å². The number of esters is 1. The molecule has 2 aliphatic heterocycles. The normalized spacial score (nSPS) is 23.1. The van der Waals surface area contributed by atoms with E-state index in [0.717, 1.165) is 11.1 Å². The minimum Gasteiger partial charge on any atom is -0.469 e. The van der Waals surface area contributed by atoms with Gasteiger partial charge in [0.25, 0.3) is 0 Å². The van der Waals surface area contributed by atoms with Gasteiger partial charge in [0.05, 0.1) is 18.3 Å². The number of piperidine rings is 1. The minimum atomic E-state index is -3.52. The van der Waals surface area contributed by atoms with Gasteiger partial charge in [0.15, 0.2) is 9.84 Å². The smallest absolute Gasteiger partial charge is 0.312 e. The van der Waals surface area contributed by atoms with Gasteiger partial charge >= 0.3 is 5.97 Å². The van der Waals surface area contributed by atoms with Crippen molar-refractivity contribution in [3.05, 3.63) is 42.0 Å². The minimum absolute atomic E-state index is 0.173. The molecular weight excluding hydrogens is 352 g/mol. The monoisotopic (exact) mass is 378 g/mol. The summed E-state index contributed by atoms with van der Waals surface area (Å²) in [5.41, 5.74) is 1.11. The molecular formula is C19H26N2O4S. The summed E-state index contributed by atoms with van der Waals surface area (Å²) in [5.74, 6) is -0.592. The molecule has 0 aliphatic carbocycles. The van der Waals surface area contributed by atoms with Crippen molar-refractivity contribution in [2.24, 2.45) is 5.41 Å². The first-order chi connectivity index (χ1) is 12.5. The Balaban J connectivity index is 1.79. The molecule has 0 spiro atoms. The van der Waals surface area contributed by atoms with E-state index in [-0.39, 0.29) is 5.75 Å². The number of sulfone groups is 1. The van der Waals surface area contributed by atoms with E-state index in [9.17, 15) is 13.2 Å². The highest BCUT2D eigenvalue weighted by atomic mass is 32.2. The van der Waals surface area contributed by atoms with Crippen LogP contribution in [0, 0.1) is 5.41 Å². The lowest BCUT2D eigenvalue weighted by Crippen LogP contribution is -2.51. The van der Waals surface area contributed by atoms with Gasteiger partial charge in [-0.3, -0.25) is 10.1 Å². The predicted octanol–water partition coefficient (Wildman–Crippen LogP) is 1.35. The molecule has 1 unspecified atom stereocenters. The maximum atomic E-state index is 13.1. The van der Waals surface area contributed by atoms with Crippen LogP contribution in [0.3, 0.4) is 0 Å². The highest BCUT2D eigenvalue weighted by Crippen LogP contribution is 2.34. The first-order valence-electron chi connectivity index (χ1n) is 8.95. The Morgan fingerprint density at radius 1 is 1.23 bits per heavy atom. The Morgan fingerprint density at radius 2 is 1.92 bits per heavy atom. The summed E-state index contributed by atoms with van der Waals surface area (Å²) in [4.78, 5) is 12.4. The first-order valence-corrected chi connectivity index (χ1v) is 10.7. The van der Waals surface area contributed by atoms with E-state index >= 15 is 0 Å². The average molecular weight is 378 g/mol. The van der Waals surface area contributed by atoms with E-state index in [4.69, 9.17) is 4.74 Å². The summed E-state index contributed by atoms with van der Waals surface area (Å²) < 4.78 is 31.2. The van der Waals surface area contributed by atoms with Crippen LogP contribution >= 0.6 is 0 Å². The van der Waals surface area contributed by atoms with E-state index in [0.29, 0.717) is 38.9 Å². The maximum Gasteiger partial charge on any atom is 0.312 e. The van der Waals surface area contributed by atoms with Crippen molar-refractivity contribution in [1.82, 2.24) is 10.6 Å². The first kappa shape index (κ1) is 19.1. The molecule has 0 saturated carbocycles. The Hall–Kier alpha value is -1.70. The zero-order valence-electron chi connectivity index (χ0n) is 15.0.